The zero-order valence-corrected chi connectivity index (χ0v) is 15.5. The van der Waals surface area contributed by atoms with Crippen LogP contribution >= 0.6 is 22.9 Å². The lowest BCUT2D eigenvalue weighted by atomic mass is 9.99. The number of fused-ring (bicyclic) bond motifs is 1. The Morgan fingerprint density at radius 1 is 1.26 bits per heavy atom. The van der Waals surface area contributed by atoms with Crippen LogP contribution in [0.1, 0.15) is 17.0 Å². The summed E-state index contributed by atoms with van der Waals surface area (Å²) < 4.78 is 41.5. The first-order valence-corrected chi connectivity index (χ1v) is 9.01. The Kier molecular flexibility index (Phi) is 5.16. The number of aryl methyl sites for hydroxylation is 1. The maximum Gasteiger partial charge on any atom is 0.424 e. The first-order valence-electron chi connectivity index (χ1n) is 7.81. The number of para-hydroxylation sites is 1. The summed E-state index contributed by atoms with van der Waals surface area (Å²) in [7, 11) is 0. The lowest BCUT2D eigenvalue weighted by Crippen LogP contribution is -2.45. The van der Waals surface area contributed by atoms with Gasteiger partial charge >= 0.3 is 6.18 Å². The highest BCUT2D eigenvalue weighted by Crippen LogP contribution is 2.44. The minimum Gasteiger partial charge on any atom is -0.374 e. The van der Waals surface area contributed by atoms with Gasteiger partial charge in [-0.3, -0.25) is 4.79 Å². The van der Waals surface area contributed by atoms with Gasteiger partial charge in [0.05, 0.1) is 16.6 Å². The predicted molar refractivity (Wildman–Crippen MR) is 99.0 cm³/mol. The third-order valence-corrected chi connectivity index (χ3v) is 5.43. The van der Waals surface area contributed by atoms with Crippen LogP contribution in [0.25, 0.3) is 10.2 Å². The minimum atomic E-state index is -5.08. The van der Waals surface area contributed by atoms with Crippen LogP contribution in [0.15, 0.2) is 42.5 Å². The number of rotatable bonds is 4. The van der Waals surface area contributed by atoms with Crippen molar-refractivity contribution >= 4 is 44.7 Å². The van der Waals surface area contributed by atoms with Gasteiger partial charge in [-0.05, 0) is 36.8 Å². The van der Waals surface area contributed by atoms with Gasteiger partial charge in [-0.1, -0.05) is 29.8 Å². The van der Waals surface area contributed by atoms with Gasteiger partial charge in [0.25, 0.3) is 0 Å². The molecule has 0 aliphatic heterocycles. The fourth-order valence-electron chi connectivity index (χ4n) is 2.50. The van der Waals surface area contributed by atoms with Crippen molar-refractivity contribution in [1.82, 2.24) is 4.98 Å². The second kappa shape index (κ2) is 7.10. The lowest BCUT2D eigenvalue weighted by molar-refractivity contribution is -0.266. The standard InChI is InChI=1S/C18H14ClF3N2O2S/c1-10-6-7-11(19)8-13(10)23-15(25)9-17(26,18(20,21)22)16-24-12-4-2-3-5-14(12)27-16/h2-8,26H,9H2,1H3,(H,23,25). The van der Waals surface area contributed by atoms with Crippen molar-refractivity contribution in [2.45, 2.75) is 25.1 Å². The van der Waals surface area contributed by atoms with Gasteiger partial charge < -0.3 is 10.4 Å². The Morgan fingerprint density at radius 3 is 2.63 bits per heavy atom. The second-order valence-electron chi connectivity index (χ2n) is 6.03. The maximum absolute atomic E-state index is 13.7. The molecule has 2 aromatic carbocycles. The summed E-state index contributed by atoms with van der Waals surface area (Å²) in [6.45, 7) is 1.68. The number of benzene rings is 2. The highest BCUT2D eigenvalue weighted by molar-refractivity contribution is 7.18. The summed E-state index contributed by atoms with van der Waals surface area (Å²) in [5, 5.41) is 12.6. The average Bonchev–Trinajstić information content (AvgIpc) is 3.01. The number of thiazole rings is 1. The second-order valence-corrected chi connectivity index (χ2v) is 7.50. The molecule has 1 unspecified atom stereocenters. The van der Waals surface area contributed by atoms with Crippen molar-refractivity contribution in [1.29, 1.82) is 0 Å². The van der Waals surface area contributed by atoms with E-state index in [9.17, 15) is 23.1 Å². The molecule has 1 atom stereocenters. The molecule has 3 rings (SSSR count). The zero-order chi connectivity index (χ0) is 19.8. The number of aromatic nitrogens is 1. The van der Waals surface area contributed by atoms with E-state index in [0.717, 1.165) is 0 Å². The summed E-state index contributed by atoms with van der Waals surface area (Å²) in [6.07, 6.45) is -6.30. The van der Waals surface area contributed by atoms with Crippen molar-refractivity contribution in [3.63, 3.8) is 0 Å². The van der Waals surface area contributed by atoms with Crippen molar-refractivity contribution in [3.8, 4) is 0 Å². The minimum absolute atomic E-state index is 0.279. The van der Waals surface area contributed by atoms with Crippen LogP contribution in [0.5, 0.6) is 0 Å². The number of aliphatic hydroxyl groups is 1. The van der Waals surface area contributed by atoms with E-state index in [1.165, 1.54) is 6.07 Å². The Labute approximate surface area is 161 Å². The van der Waals surface area contributed by atoms with Gasteiger partial charge in [0.2, 0.25) is 11.5 Å². The third-order valence-electron chi connectivity index (χ3n) is 4.01. The molecule has 142 valence electrons. The largest absolute Gasteiger partial charge is 0.424 e. The Balaban J connectivity index is 1.93. The molecule has 0 saturated heterocycles. The van der Waals surface area contributed by atoms with Crippen LogP contribution in [-0.2, 0) is 10.4 Å². The molecule has 0 aliphatic carbocycles. The van der Waals surface area contributed by atoms with E-state index in [4.69, 9.17) is 11.6 Å². The third kappa shape index (κ3) is 3.92. The van der Waals surface area contributed by atoms with Crippen LogP contribution in [0, 0.1) is 6.92 Å². The number of nitrogens with zero attached hydrogens (tertiary/aromatic N) is 1. The summed E-state index contributed by atoms with van der Waals surface area (Å²) >= 11 is 6.56. The molecule has 0 saturated carbocycles. The van der Waals surface area contributed by atoms with E-state index in [0.29, 0.717) is 32.1 Å². The van der Waals surface area contributed by atoms with Gasteiger partial charge in [0.1, 0.15) is 5.01 Å². The molecule has 2 N–H and O–H groups in total. The van der Waals surface area contributed by atoms with Gasteiger partial charge in [-0.15, -0.1) is 11.3 Å². The summed E-state index contributed by atoms with van der Waals surface area (Å²) in [5.41, 5.74) is -2.16. The smallest absolute Gasteiger partial charge is 0.374 e. The van der Waals surface area contributed by atoms with Gasteiger partial charge in [-0.2, -0.15) is 13.2 Å². The van der Waals surface area contributed by atoms with E-state index in [1.807, 2.05) is 0 Å². The molecule has 0 fully saturated rings. The van der Waals surface area contributed by atoms with Crippen molar-refractivity contribution in [2.24, 2.45) is 0 Å². The molecule has 4 nitrogen and oxygen atoms in total. The molecule has 1 heterocycles. The quantitative estimate of drug-likeness (QED) is 0.629. The molecule has 0 bridgehead atoms. The molecule has 0 radical (unpaired) electrons. The number of anilines is 1. The molecular weight excluding hydrogens is 401 g/mol. The number of hydrogen-bond acceptors (Lipinski definition) is 4. The molecule has 1 aromatic heterocycles. The number of nitrogens with one attached hydrogen (secondary N) is 1. The number of carbonyl (C=O) groups is 1. The molecule has 1 amide bonds. The highest BCUT2D eigenvalue weighted by atomic mass is 35.5. The van der Waals surface area contributed by atoms with Crippen LogP contribution in [-0.4, -0.2) is 22.2 Å². The van der Waals surface area contributed by atoms with E-state index < -0.39 is 29.1 Å². The Hall–Kier alpha value is -2.16. The Morgan fingerprint density at radius 2 is 1.96 bits per heavy atom. The first kappa shape index (κ1) is 19.6. The number of hydrogen-bond donors (Lipinski definition) is 2. The Bertz CT molecular complexity index is 973. The van der Waals surface area contributed by atoms with Crippen molar-refractivity contribution in [3.05, 3.63) is 58.1 Å². The molecule has 0 spiro atoms. The van der Waals surface area contributed by atoms with E-state index in [2.05, 4.69) is 10.3 Å². The molecule has 9 heteroatoms. The van der Waals surface area contributed by atoms with Gasteiger partial charge in [0, 0.05) is 10.7 Å². The summed E-state index contributed by atoms with van der Waals surface area (Å²) in [4.78, 5) is 16.2. The van der Waals surface area contributed by atoms with Gasteiger partial charge in [-0.25, -0.2) is 4.98 Å². The average molecular weight is 415 g/mol. The predicted octanol–water partition coefficient (Wildman–Crippen LogP) is 5.04. The number of carbonyl (C=O) groups excluding carboxylic acids is 1. The fraction of sp³-hybridized carbons (Fsp3) is 0.222. The number of alkyl halides is 3. The topological polar surface area (TPSA) is 62.2 Å². The SMILES string of the molecule is Cc1ccc(Cl)cc1NC(=O)CC(O)(c1nc2ccccc2s1)C(F)(F)F. The lowest BCUT2D eigenvalue weighted by Gasteiger charge is -2.28. The summed E-state index contributed by atoms with van der Waals surface area (Å²) in [6, 6.07) is 11.1. The van der Waals surface area contributed by atoms with Crippen LogP contribution in [0.4, 0.5) is 18.9 Å². The number of halogens is 4. The monoisotopic (exact) mass is 414 g/mol. The van der Waals surface area contributed by atoms with Crippen LogP contribution in [0.3, 0.4) is 0 Å². The fourth-order valence-corrected chi connectivity index (χ4v) is 3.75. The molecule has 3 aromatic rings. The van der Waals surface area contributed by atoms with E-state index >= 15 is 0 Å². The molecule has 0 aliphatic rings. The van der Waals surface area contributed by atoms with E-state index in [1.54, 1.807) is 43.3 Å². The zero-order valence-electron chi connectivity index (χ0n) is 14.0. The van der Waals surface area contributed by atoms with Crippen LogP contribution in [0.2, 0.25) is 5.02 Å². The maximum atomic E-state index is 13.7. The highest BCUT2D eigenvalue weighted by Gasteiger charge is 2.58. The molecule has 27 heavy (non-hydrogen) atoms. The van der Waals surface area contributed by atoms with Crippen molar-refractivity contribution < 1.29 is 23.1 Å². The normalized spacial score (nSPS) is 14.1. The number of amides is 1. The van der Waals surface area contributed by atoms with Crippen molar-refractivity contribution in [2.75, 3.05) is 5.32 Å². The molecular formula is C18H14ClF3N2O2S. The van der Waals surface area contributed by atoms with Crippen LogP contribution < -0.4 is 5.32 Å². The van der Waals surface area contributed by atoms with Gasteiger partial charge in [0.15, 0.2) is 0 Å². The first-order chi connectivity index (χ1) is 12.6. The van der Waals surface area contributed by atoms with E-state index in [-0.39, 0.29) is 5.69 Å². The summed E-state index contributed by atoms with van der Waals surface area (Å²) in [5.74, 6) is -1.00.